The molecule has 1 N–H and O–H groups in total. The summed E-state index contributed by atoms with van der Waals surface area (Å²) in [6.45, 7) is 3.67. The fourth-order valence-electron chi connectivity index (χ4n) is 2.24. The molecule has 1 heterocycles. The van der Waals surface area contributed by atoms with E-state index in [-0.39, 0.29) is 6.61 Å². The van der Waals surface area contributed by atoms with Crippen molar-refractivity contribution in [2.75, 3.05) is 26.4 Å². The lowest BCUT2D eigenvalue weighted by Gasteiger charge is -2.11. The summed E-state index contributed by atoms with van der Waals surface area (Å²) in [6.07, 6.45) is 2.34. The van der Waals surface area contributed by atoms with Gasteiger partial charge in [-0.1, -0.05) is 18.2 Å². The first-order valence-electron chi connectivity index (χ1n) is 6.76. The van der Waals surface area contributed by atoms with E-state index >= 15 is 0 Å². The predicted molar refractivity (Wildman–Crippen MR) is 72.8 cm³/mol. The molecule has 1 aromatic rings. The van der Waals surface area contributed by atoms with Gasteiger partial charge >= 0.3 is 0 Å². The van der Waals surface area contributed by atoms with Crippen LogP contribution in [0.3, 0.4) is 0 Å². The summed E-state index contributed by atoms with van der Waals surface area (Å²) in [5, 5.41) is 12.0. The minimum atomic E-state index is 0.0937. The molecule has 0 aliphatic carbocycles. The molecular formula is C15H20N2O2. The van der Waals surface area contributed by atoms with E-state index in [0.717, 1.165) is 44.0 Å². The zero-order valence-corrected chi connectivity index (χ0v) is 11.1. The summed E-state index contributed by atoms with van der Waals surface area (Å²) in [7, 11) is 0. The fourth-order valence-corrected chi connectivity index (χ4v) is 2.24. The molecule has 1 saturated heterocycles. The van der Waals surface area contributed by atoms with Crippen LogP contribution in [0.15, 0.2) is 24.3 Å². The Kier molecular flexibility index (Phi) is 5.67. The number of hydrogen-bond acceptors (Lipinski definition) is 4. The number of hydrogen-bond donors (Lipinski definition) is 1. The van der Waals surface area contributed by atoms with Crippen LogP contribution in [0.1, 0.15) is 18.4 Å². The smallest absolute Gasteiger partial charge is 0.174 e. The Morgan fingerprint density at radius 1 is 1.42 bits per heavy atom. The highest BCUT2D eigenvalue weighted by Crippen LogP contribution is 2.18. The summed E-state index contributed by atoms with van der Waals surface area (Å²) in [5.74, 6) is 1.50. The molecular weight excluding hydrogens is 240 g/mol. The molecule has 0 saturated carbocycles. The lowest BCUT2D eigenvalue weighted by Crippen LogP contribution is -2.18. The average Bonchev–Trinajstić information content (AvgIpc) is 2.95. The molecule has 0 aromatic heterocycles. The van der Waals surface area contributed by atoms with Crippen LogP contribution in [-0.4, -0.2) is 26.4 Å². The molecule has 1 fully saturated rings. The van der Waals surface area contributed by atoms with Crippen molar-refractivity contribution in [3.8, 4) is 11.8 Å². The molecule has 4 nitrogen and oxygen atoms in total. The molecule has 1 aliphatic heterocycles. The number of benzene rings is 1. The molecule has 19 heavy (non-hydrogen) atoms. The number of rotatable bonds is 7. The Balaban J connectivity index is 1.73. The van der Waals surface area contributed by atoms with Crippen LogP contribution in [-0.2, 0) is 11.3 Å². The third kappa shape index (κ3) is 4.55. The van der Waals surface area contributed by atoms with Crippen LogP contribution in [0.25, 0.3) is 0 Å². The molecule has 0 radical (unpaired) electrons. The largest absolute Gasteiger partial charge is 0.478 e. The van der Waals surface area contributed by atoms with E-state index in [1.165, 1.54) is 6.42 Å². The van der Waals surface area contributed by atoms with Gasteiger partial charge in [0.05, 0.1) is 0 Å². The fraction of sp³-hybridized carbons (Fsp3) is 0.533. The Hall–Kier alpha value is -1.57. The van der Waals surface area contributed by atoms with Gasteiger partial charge in [-0.25, -0.2) is 0 Å². The van der Waals surface area contributed by atoms with Crippen LogP contribution < -0.4 is 10.1 Å². The zero-order valence-electron chi connectivity index (χ0n) is 11.1. The minimum Gasteiger partial charge on any atom is -0.478 e. The monoisotopic (exact) mass is 260 g/mol. The predicted octanol–water partition coefficient (Wildman–Crippen LogP) is 2.11. The quantitative estimate of drug-likeness (QED) is 0.763. The van der Waals surface area contributed by atoms with Crippen molar-refractivity contribution >= 4 is 0 Å². The zero-order chi connectivity index (χ0) is 13.3. The second-order valence-electron chi connectivity index (χ2n) is 4.75. The number of nitriles is 1. The van der Waals surface area contributed by atoms with E-state index in [9.17, 15) is 0 Å². The van der Waals surface area contributed by atoms with Crippen molar-refractivity contribution in [1.82, 2.24) is 5.32 Å². The van der Waals surface area contributed by atoms with E-state index in [1.807, 2.05) is 30.3 Å². The Morgan fingerprint density at radius 2 is 2.32 bits per heavy atom. The second-order valence-corrected chi connectivity index (χ2v) is 4.75. The second kappa shape index (κ2) is 7.78. The van der Waals surface area contributed by atoms with Gasteiger partial charge in [-0.2, -0.15) is 5.26 Å². The normalized spacial score (nSPS) is 18.2. The van der Waals surface area contributed by atoms with Gasteiger partial charge in [-0.15, -0.1) is 0 Å². The number of nitrogens with zero attached hydrogens (tertiary/aromatic N) is 1. The van der Waals surface area contributed by atoms with E-state index in [0.29, 0.717) is 5.92 Å². The lowest BCUT2D eigenvalue weighted by molar-refractivity contribution is 0.184. The molecule has 1 aromatic carbocycles. The van der Waals surface area contributed by atoms with Crippen molar-refractivity contribution in [3.05, 3.63) is 29.8 Å². The van der Waals surface area contributed by atoms with Gasteiger partial charge < -0.3 is 14.8 Å². The van der Waals surface area contributed by atoms with Crippen LogP contribution in [0.2, 0.25) is 0 Å². The SMILES string of the molecule is N#CCOc1ccccc1CNCCC1CCOC1. The van der Waals surface area contributed by atoms with E-state index < -0.39 is 0 Å². The van der Waals surface area contributed by atoms with Crippen LogP contribution in [0.4, 0.5) is 0 Å². The highest BCUT2D eigenvalue weighted by Gasteiger charge is 2.14. The molecule has 102 valence electrons. The first kappa shape index (κ1) is 13.9. The van der Waals surface area contributed by atoms with Gasteiger partial charge in [0.15, 0.2) is 6.61 Å². The van der Waals surface area contributed by atoms with Crippen LogP contribution >= 0.6 is 0 Å². The molecule has 2 rings (SSSR count). The minimum absolute atomic E-state index is 0.0937. The number of nitrogens with one attached hydrogen (secondary N) is 1. The molecule has 0 spiro atoms. The maximum absolute atomic E-state index is 8.55. The van der Waals surface area contributed by atoms with Crippen molar-refractivity contribution < 1.29 is 9.47 Å². The maximum Gasteiger partial charge on any atom is 0.174 e. The van der Waals surface area contributed by atoms with Gasteiger partial charge in [0.2, 0.25) is 0 Å². The van der Waals surface area contributed by atoms with Crippen LogP contribution in [0, 0.1) is 17.2 Å². The molecule has 0 amide bonds. The first-order chi connectivity index (χ1) is 9.40. The standard InChI is InChI=1S/C15H20N2O2/c16-7-10-19-15-4-2-1-3-14(15)11-17-8-5-13-6-9-18-12-13/h1-4,13,17H,5-6,8-12H2. The summed E-state index contributed by atoms with van der Waals surface area (Å²) >= 11 is 0. The molecule has 4 heteroatoms. The van der Waals surface area contributed by atoms with E-state index in [1.54, 1.807) is 0 Å². The lowest BCUT2D eigenvalue weighted by atomic mass is 10.1. The van der Waals surface area contributed by atoms with Gasteiger partial charge in [0, 0.05) is 25.3 Å². The molecule has 1 aliphatic rings. The molecule has 1 atom stereocenters. The number of para-hydroxylation sites is 1. The molecule has 1 unspecified atom stereocenters. The highest BCUT2D eigenvalue weighted by atomic mass is 16.5. The van der Waals surface area contributed by atoms with Gasteiger partial charge in [-0.3, -0.25) is 0 Å². The maximum atomic E-state index is 8.55. The Morgan fingerprint density at radius 3 is 3.11 bits per heavy atom. The summed E-state index contributed by atoms with van der Waals surface area (Å²) in [4.78, 5) is 0. The highest BCUT2D eigenvalue weighted by molar-refractivity contribution is 5.33. The first-order valence-corrected chi connectivity index (χ1v) is 6.76. The molecule has 0 bridgehead atoms. The van der Waals surface area contributed by atoms with Gasteiger partial charge in [-0.05, 0) is 31.4 Å². The van der Waals surface area contributed by atoms with Crippen molar-refractivity contribution in [3.63, 3.8) is 0 Å². The topological polar surface area (TPSA) is 54.3 Å². The van der Waals surface area contributed by atoms with E-state index in [2.05, 4.69) is 5.32 Å². The summed E-state index contributed by atoms with van der Waals surface area (Å²) in [6, 6.07) is 9.83. The van der Waals surface area contributed by atoms with Crippen LogP contribution in [0.5, 0.6) is 5.75 Å². The Bertz CT molecular complexity index is 422. The van der Waals surface area contributed by atoms with Crippen molar-refractivity contribution in [2.45, 2.75) is 19.4 Å². The third-order valence-electron chi connectivity index (χ3n) is 3.33. The summed E-state index contributed by atoms with van der Waals surface area (Å²) < 4.78 is 10.8. The van der Waals surface area contributed by atoms with Gasteiger partial charge in [0.1, 0.15) is 11.8 Å². The number of ether oxygens (including phenoxy) is 2. The third-order valence-corrected chi connectivity index (χ3v) is 3.33. The Labute approximate surface area is 114 Å². The summed E-state index contributed by atoms with van der Waals surface area (Å²) in [5.41, 5.74) is 1.10. The average molecular weight is 260 g/mol. The van der Waals surface area contributed by atoms with Crippen molar-refractivity contribution in [1.29, 1.82) is 5.26 Å². The van der Waals surface area contributed by atoms with Crippen molar-refractivity contribution in [2.24, 2.45) is 5.92 Å². The van der Waals surface area contributed by atoms with Gasteiger partial charge in [0.25, 0.3) is 0 Å². The van der Waals surface area contributed by atoms with E-state index in [4.69, 9.17) is 14.7 Å².